The van der Waals surface area contributed by atoms with E-state index >= 15 is 0 Å². The van der Waals surface area contributed by atoms with E-state index in [4.69, 9.17) is 9.15 Å². The monoisotopic (exact) mass is 202 g/mol. The molecule has 2 heteroatoms. The molecule has 0 saturated heterocycles. The Morgan fingerprint density at radius 3 is 2.40 bits per heavy atom. The predicted molar refractivity (Wildman–Crippen MR) is 58.4 cm³/mol. The lowest BCUT2D eigenvalue weighted by atomic mass is 10.2. The first-order valence-electron chi connectivity index (χ1n) is 4.99. The maximum absolute atomic E-state index is 5.54. The van der Waals surface area contributed by atoms with Crippen LogP contribution in [-0.4, -0.2) is 0 Å². The molecule has 0 aliphatic carbocycles. The average molecular weight is 202 g/mol. The second kappa shape index (κ2) is 4.80. The third kappa shape index (κ3) is 2.96. The fourth-order valence-electron chi connectivity index (χ4n) is 1.35. The summed E-state index contributed by atoms with van der Waals surface area (Å²) in [7, 11) is 0. The SMILES string of the molecule is Cc1ccc(COCc2ccoc2)cc1. The molecule has 0 spiro atoms. The smallest absolute Gasteiger partial charge is 0.0957 e. The zero-order chi connectivity index (χ0) is 10.5. The molecular formula is C13H14O2. The summed E-state index contributed by atoms with van der Waals surface area (Å²) in [6.07, 6.45) is 3.36. The Morgan fingerprint density at radius 1 is 1.00 bits per heavy atom. The van der Waals surface area contributed by atoms with Crippen molar-refractivity contribution in [3.63, 3.8) is 0 Å². The van der Waals surface area contributed by atoms with Gasteiger partial charge in [-0.1, -0.05) is 29.8 Å². The van der Waals surface area contributed by atoms with Crippen LogP contribution in [0.4, 0.5) is 0 Å². The third-order valence-electron chi connectivity index (χ3n) is 2.24. The summed E-state index contributed by atoms with van der Waals surface area (Å²) in [5.41, 5.74) is 3.54. The highest BCUT2D eigenvalue weighted by Crippen LogP contribution is 2.07. The maximum Gasteiger partial charge on any atom is 0.0957 e. The molecule has 1 aromatic carbocycles. The molecule has 0 aliphatic rings. The summed E-state index contributed by atoms with van der Waals surface area (Å²) in [4.78, 5) is 0. The van der Waals surface area contributed by atoms with E-state index < -0.39 is 0 Å². The molecule has 0 radical (unpaired) electrons. The Kier molecular flexibility index (Phi) is 3.20. The highest BCUT2D eigenvalue weighted by molar-refractivity contribution is 5.20. The molecule has 78 valence electrons. The summed E-state index contributed by atoms with van der Waals surface area (Å²) >= 11 is 0. The number of hydrogen-bond acceptors (Lipinski definition) is 2. The van der Waals surface area contributed by atoms with Crippen molar-refractivity contribution in [2.75, 3.05) is 0 Å². The van der Waals surface area contributed by atoms with E-state index in [0.29, 0.717) is 13.2 Å². The highest BCUT2D eigenvalue weighted by Gasteiger charge is 1.95. The van der Waals surface area contributed by atoms with Crippen LogP contribution in [0, 0.1) is 6.92 Å². The van der Waals surface area contributed by atoms with Gasteiger partial charge in [-0.05, 0) is 18.6 Å². The fraction of sp³-hybridized carbons (Fsp3) is 0.231. The molecule has 1 heterocycles. The van der Waals surface area contributed by atoms with Gasteiger partial charge in [-0.25, -0.2) is 0 Å². The van der Waals surface area contributed by atoms with Crippen molar-refractivity contribution in [3.8, 4) is 0 Å². The van der Waals surface area contributed by atoms with Crippen molar-refractivity contribution < 1.29 is 9.15 Å². The van der Waals surface area contributed by atoms with Crippen LogP contribution < -0.4 is 0 Å². The molecule has 0 N–H and O–H groups in total. The molecule has 0 saturated carbocycles. The first kappa shape index (κ1) is 9.99. The Labute approximate surface area is 89.5 Å². The van der Waals surface area contributed by atoms with Crippen molar-refractivity contribution in [1.82, 2.24) is 0 Å². The Morgan fingerprint density at radius 2 is 1.73 bits per heavy atom. The zero-order valence-corrected chi connectivity index (χ0v) is 8.77. The van der Waals surface area contributed by atoms with Gasteiger partial charge in [-0.2, -0.15) is 0 Å². The van der Waals surface area contributed by atoms with E-state index in [2.05, 4.69) is 31.2 Å². The second-order valence-electron chi connectivity index (χ2n) is 3.61. The Balaban J connectivity index is 1.81. The van der Waals surface area contributed by atoms with Gasteiger partial charge in [0.05, 0.1) is 25.7 Å². The Bertz CT molecular complexity index is 387. The summed E-state index contributed by atoms with van der Waals surface area (Å²) < 4.78 is 10.5. The molecule has 15 heavy (non-hydrogen) atoms. The van der Waals surface area contributed by atoms with Crippen LogP contribution in [0.3, 0.4) is 0 Å². The van der Waals surface area contributed by atoms with Gasteiger partial charge in [-0.15, -0.1) is 0 Å². The summed E-state index contributed by atoms with van der Waals surface area (Å²) in [6, 6.07) is 10.3. The van der Waals surface area contributed by atoms with Gasteiger partial charge >= 0.3 is 0 Å². The van der Waals surface area contributed by atoms with Crippen molar-refractivity contribution in [2.24, 2.45) is 0 Å². The molecule has 2 aromatic rings. The quantitative estimate of drug-likeness (QED) is 0.759. The second-order valence-corrected chi connectivity index (χ2v) is 3.61. The van der Waals surface area contributed by atoms with Crippen LogP contribution in [0.1, 0.15) is 16.7 Å². The normalized spacial score (nSPS) is 10.5. The van der Waals surface area contributed by atoms with Gasteiger partial charge in [0.25, 0.3) is 0 Å². The first-order chi connectivity index (χ1) is 7.34. The van der Waals surface area contributed by atoms with E-state index in [1.165, 1.54) is 11.1 Å². The standard InChI is InChI=1S/C13H14O2/c1-11-2-4-12(5-3-11)8-15-10-13-6-7-14-9-13/h2-7,9H,8,10H2,1H3. The average Bonchev–Trinajstić information content (AvgIpc) is 2.74. The number of rotatable bonds is 4. The van der Waals surface area contributed by atoms with Crippen molar-refractivity contribution >= 4 is 0 Å². The zero-order valence-electron chi connectivity index (χ0n) is 8.77. The number of hydrogen-bond donors (Lipinski definition) is 0. The number of furan rings is 1. The van der Waals surface area contributed by atoms with Gasteiger partial charge in [0.1, 0.15) is 0 Å². The molecule has 0 unspecified atom stereocenters. The largest absolute Gasteiger partial charge is 0.472 e. The van der Waals surface area contributed by atoms with E-state index in [1.807, 2.05) is 6.07 Å². The van der Waals surface area contributed by atoms with Crippen LogP contribution in [-0.2, 0) is 18.0 Å². The van der Waals surface area contributed by atoms with Crippen molar-refractivity contribution in [3.05, 3.63) is 59.5 Å². The van der Waals surface area contributed by atoms with Crippen LogP contribution in [0.2, 0.25) is 0 Å². The lowest BCUT2D eigenvalue weighted by Crippen LogP contribution is -1.92. The minimum absolute atomic E-state index is 0.602. The number of ether oxygens (including phenoxy) is 1. The molecule has 0 bridgehead atoms. The van der Waals surface area contributed by atoms with Crippen LogP contribution in [0.15, 0.2) is 47.3 Å². The fourth-order valence-corrected chi connectivity index (χ4v) is 1.35. The number of aryl methyl sites for hydroxylation is 1. The maximum atomic E-state index is 5.54. The molecule has 0 amide bonds. The molecule has 0 atom stereocenters. The van der Waals surface area contributed by atoms with Gasteiger partial charge in [-0.3, -0.25) is 0 Å². The van der Waals surface area contributed by atoms with Crippen molar-refractivity contribution in [1.29, 1.82) is 0 Å². The number of benzene rings is 1. The predicted octanol–water partition coefficient (Wildman–Crippen LogP) is 3.30. The molecular weight excluding hydrogens is 188 g/mol. The minimum Gasteiger partial charge on any atom is -0.472 e. The van der Waals surface area contributed by atoms with Crippen LogP contribution in [0.25, 0.3) is 0 Å². The summed E-state index contributed by atoms with van der Waals surface area (Å²) in [6.45, 7) is 3.33. The van der Waals surface area contributed by atoms with Gasteiger partial charge in [0.2, 0.25) is 0 Å². The molecule has 0 aliphatic heterocycles. The third-order valence-corrected chi connectivity index (χ3v) is 2.24. The summed E-state index contributed by atoms with van der Waals surface area (Å²) in [5.74, 6) is 0. The highest BCUT2D eigenvalue weighted by atomic mass is 16.5. The van der Waals surface area contributed by atoms with Gasteiger partial charge in [0.15, 0.2) is 0 Å². The van der Waals surface area contributed by atoms with Crippen molar-refractivity contribution in [2.45, 2.75) is 20.1 Å². The van der Waals surface area contributed by atoms with E-state index in [-0.39, 0.29) is 0 Å². The minimum atomic E-state index is 0.602. The molecule has 2 nitrogen and oxygen atoms in total. The summed E-state index contributed by atoms with van der Waals surface area (Å²) in [5, 5.41) is 0. The van der Waals surface area contributed by atoms with Gasteiger partial charge < -0.3 is 9.15 Å². The van der Waals surface area contributed by atoms with E-state index in [1.54, 1.807) is 12.5 Å². The molecule has 1 aromatic heterocycles. The van der Waals surface area contributed by atoms with E-state index in [0.717, 1.165) is 5.56 Å². The van der Waals surface area contributed by atoms with E-state index in [9.17, 15) is 0 Å². The first-order valence-corrected chi connectivity index (χ1v) is 4.99. The van der Waals surface area contributed by atoms with Crippen LogP contribution in [0.5, 0.6) is 0 Å². The van der Waals surface area contributed by atoms with Crippen LogP contribution >= 0.6 is 0 Å². The molecule has 0 fully saturated rings. The topological polar surface area (TPSA) is 22.4 Å². The lowest BCUT2D eigenvalue weighted by Gasteiger charge is -2.02. The van der Waals surface area contributed by atoms with Gasteiger partial charge in [0, 0.05) is 5.56 Å². The molecule has 2 rings (SSSR count). The Hall–Kier alpha value is -1.54. The lowest BCUT2D eigenvalue weighted by molar-refractivity contribution is 0.107.